The summed E-state index contributed by atoms with van der Waals surface area (Å²) in [5.41, 5.74) is 0. The third-order valence-corrected chi connectivity index (χ3v) is 3.33. The standard InChI is InChI=1S/C5H13BrP/c1-4-5-7(2,3)6/h4-5H2,1-3H3/q+1. The number of hydrogen-bond donors (Lipinski definition) is 0. The fourth-order valence-electron chi connectivity index (χ4n) is 0.532. The molecule has 0 nitrogen and oxygen atoms in total. The highest BCUT2D eigenvalue weighted by atomic mass is 79.9. The predicted octanol–water partition coefficient (Wildman–Crippen LogP) is 2.98. The highest BCUT2D eigenvalue weighted by Gasteiger charge is 2.17. The van der Waals surface area contributed by atoms with Crippen LogP contribution in [0.25, 0.3) is 0 Å². The van der Waals surface area contributed by atoms with Gasteiger partial charge in [-0.2, -0.15) is 0 Å². The molecule has 0 aromatic carbocycles. The van der Waals surface area contributed by atoms with Crippen molar-refractivity contribution in [1.29, 1.82) is 0 Å². The summed E-state index contributed by atoms with van der Waals surface area (Å²) in [7, 11) is 0. The minimum absolute atomic E-state index is 0.603. The largest absolute Gasteiger partial charge is 0.138 e. The van der Waals surface area contributed by atoms with Gasteiger partial charge in [-0.25, -0.2) is 0 Å². The van der Waals surface area contributed by atoms with Crippen molar-refractivity contribution in [2.24, 2.45) is 0 Å². The number of hydrogen-bond acceptors (Lipinski definition) is 0. The summed E-state index contributed by atoms with van der Waals surface area (Å²) in [6.07, 6.45) is 2.68. The van der Waals surface area contributed by atoms with Crippen LogP contribution >= 0.6 is 21.5 Å². The molecule has 0 spiro atoms. The van der Waals surface area contributed by atoms with Crippen molar-refractivity contribution in [3.63, 3.8) is 0 Å². The zero-order valence-corrected chi connectivity index (χ0v) is 7.72. The van der Waals surface area contributed by atoms with Gasteiger partial charge in [0.25, 0.3) is 0 Å². The second-order valence-electron chi connectivity index (χ2n) is 2.26. The average molecular weight is 184 g/mol. The van der Waals surface area contributed by atoms with Gasteiger partial charge in [0.2, 0.25) is 0 Å². The number of rotatable bonds is 2. The van der Waals surface area contributed by atoms with Crippen molar-refractivity contribution in [1.82, 2.24) is 0 Å². The van der Waals surface area contributed by atoms with Crippen LogP contribution in [0.3, 0.4) is 0 Å². The van der Waals surface area contributed by atoms with Gasteiger partial charge in [0.1, 0.15) is 15.5 Å². The fourth-order valence-corrected chi connectivity index (χ4v) is 2.66. The molecular weight excluding hydrogens is 171 g/mol. The normalized spacial score (nSPS) is 12.0. The molecule has 0 heterocycles. The molecule has 0 fully saturated rings. The third kappa shape index (κ3) is 6.91. The van der Waals surface area contributed by atoms with Crippen LogP contribution in [0.15, 0.2) is 0 Å². The molecule has 0 aliphatic heterocycles. The number of halogens is 1. The molecule has 0 amide bonds. The van der Waals surface area contributed by atoms with E-state index in [1.165, 1.54) is 12.6 Å². The fraction of sp³-hybridized carbons (Fsp3) is 1.00. The monoisotopic (exact) mass is 183 g/mol. The van der Waals surface area contributed by atoms with E-state index in [1.807, 2.05) is 0 Å². The molecule has 0 atom stereocenters. The molecule has 0 rings (SSSR count). The minimum Gasteiger partial charge on any atom is -0.0619 e. The minimum atomic E-state index is -0.603. The summed E-state index contributed by atoms with van der Waals surface area (Å²) in [6, 6.07) is 0. The second-order valence-corrected chi connectivity index (χ2v) is 11.5. The van der Waals surface area contributed by atoms with Crippen molar-refractivity contribution in [2.45, 2.75) is 13.3 Å². The Bertz CT molecular complexity index is 46.5. The maximum atomic E-state index is 3.65. The molecule has 0 aromatic heterocycles. The maximum Gasteiger partial charge on any atom is 0.138 e. The van der Waals surface area contributed by atoms with Crippen LogP contribution in [0.4, 0.5) is 0 Å². The van der Waals surface area contributed by atoms with Crippen LogP contribution in [-0.4, -0.2) is 19.5 Å². The van der Waals surface area contributed by atoms with Gasteiger partial charge in [-0.3, -0.25) is 0 Å². The molecular formula is C5H13BrP+. The third-order valence-electron chi connectivity index (χ3n) is 0.755. The molecule has 0 aliphatic carbocycles. The quantitative estimate of drug-likeness (QED) is 0.578. The van der Waals surface area contributed by atoms with Gasteiger partial charge in [0, 0.05) is 0 Å². The highest BCUT2D eigenvalue weighted by Crippen LogP contribution is 2.59. The van der Waals surface area contributed by atoms with Crippen LogP contribution in [0.2, 0.25) is 0 Å². The van der Waals surface area contributed by atoms with Crippen molar-refractivity contribution in [3.05, 3.63) is 0 Å². The molecule has 7 heavy (non-hydrogen) atoms. The zero-order chi connectivity index (χ0) is 5.91. The first kappa shape index (κ1) is 7.91. The van der Waals surface area contributed by atoms with Gasteiger partial charge < -0.3 is 0 Å². The predicted molar refractivity (Wildman–Crippen MR) is 42.9 cm³/mol. The SMILES string of the molecule is CCC[P+](C)(C)Br. The van der Waals surface area contributed by atoms with Gasteiger partial charge in [0.05, 0.1) is 25.5 Å². The molecule has 0 unspecified atom stereocenters. The molecule has 0 radical (unpaired) electrons. The molecule has 0 saturated carbocycles. The summed E-state index contributed by atoms with van der Waals surface area (Å²) in [5, 5.41) is 0. The summed E-state index contributed by atoms with van der Waals surface area (Å²) in [6.45, 7) is 6.83. The van der Waals surface area contributed by atoms with Gasteiger partial charge in [-0.15, -0.1) is 0 Å². The van der Waals surface area contributed by atoms with E-state index in [-0.39, 0.29) is 0 Å². The molecule has 0 bridgehead atoms. The van der Waals surface area contributed by atoms with Crippen LogP contribution in [0, 0.1) is 0 Å². The molecule has 0 aliphatic rings. The Hall–Kier alpha value is 0.910. The lowest BCUT2D eigenvalue weighted by atomic mass is 10.6. The topological polar surface area (TPSA) is 0 Å². The van der Waals surface area contributed by atoms with Crippen molar-refractivity contribution >= 4 is 21.5 Å². The van der Waals surface area contributed by atoms with Crippen LogP contribution in [-0.2, 0) is 0 Å². The lowest BCUT2D eigenvalue weighted by Gasteiger charge is -2.03. The van der Waals surface area contributed by atoms with E-state index in [0.29, 0.717) is 0 Å². The van der Waals surface area contributed by atoms with Gasteiger partial charge >= 0.3 is 0 Å². The molecule has 0 aromatic rings. The Morgan fingerprint density at radius 3 is 1.86 bits per heavy atom. The summed E-state index contributed by atoms with van der Waals surface area (Å²) in [5.74, 6) is -0.603. The van der Waals surface area contributed by atoms with Crippen molar-refractivity contribution in [2.75, 3.05) is 19.5 Å². The Morgan fingerprint density at radius 2 is 1.86 bits per heavy atom. The van der Waals surface area contributed by atoms with E-state index in [0.717, 1.165) is 0 Å². The van der Waals surface area contributed by atoms with Crippen LogP contribution < -0.4 is 0 Å². The lowest BCUT2D eigenvalue weighted by Crippen LogP contribution is -1.82. The molecule has 44 valence electrons. The smallest absolute Gasteiger partial charge is 0.0619 e. The second kappa shape index (κ2) is 3.04. The van der Waals surface area contributed by atoms with Crippen molar-refractivity contribution < 1.29 is 0 Å². The zero-order valence-electron chi connectivity index (χ0n) is 5.24. The van der Waals surface area contributed by atoms with E-state index in [1.54, 1.807) is 0 Å². The summed E-state index contributed by atoms with van der Waals surface area (Å²) in [4.78, 5) is 0. The van der Waals surface area contributed by atoms with E-state index in [4.69, 9.17) is 0 Å². The lowest BCUT2D eigenvalue weighted by molar-refractivity contribution is 1.10. The Kier molecular flexibility index (Phi) is 3.44. The van der Waals surface area contributed by atoms with E-state index in [2.05, 4.69) is 35.7 Å². The van der Waals surface area contributed by atoms with E-state index < -0.39 is 5.96 Å². The average Bonchev–Trinajstić information content (AvgIpc) is 1.30. The molecule has 2 heteroatoms. The Balaban J connectivity index is 3.15. The van der Waals surface area contributed by atoms with Crippen molar-refractivity contribution in [3.8, 4) is 0 Å². The summed E-state index contributed by atoms with van der Waals surface area (Å²) >= 11 is 3.65. The Labute approximate surface area is 54.8 Å². The van der Waals surface area contributed by atoms with E-state index >= 15 is 0 Å². The maximum absolute atomic E-state index is 3.65. The van der Waals surface area contributed by atoms with Gasteiger partial charge in [-0.1, -0.05) is 6.92 Å². The van der Waals surface area contributed by atoms with Crippen LogP contribution in [0.5, 0.6) is 0 Å². The van der Waals surface area contributed by atoms with Gasteiger partial charge in [-0.05, 0) is 6.42 Å². The molecule has 0 N–H and O–H groups in total. The summed E-state index contributed by atoms with van der Waals surface area (Å²) < 4.78 is 0. The molecule has 0 saturated heterocycles. The van der Waals surface area contributed by atoms with Gasteiger partial charge in [0.15, 0.2) is 0 Å². The first-order valence-electron chi connectivity index (χ1n) is 2.59. The van der Waals surface area contributed by atoms with E-state index in [9.17, 15) is 0 Å². The van der Waals surface area contributed by atoms with Crippen LogP contribution in [0.1, 0.15) is 13.3 Å². The first-order chi connectivity index (χ1) is 3.06. The first-order valence-corrected chi connectivity index (χ1v) is 7.47. The Morgan fingerprint density at radius 1 is 1.43 bits per heavy atom. The highest BCUT2D eigenvalue weighted by molar-refractivity contribution is 9.42.